The van der Waals surface area contributed by atoms with Gasteiger partial charge in [-0.05, 0) is 37.2 Å². The van der Waals surface area contributed by atoms with Gasteiger partial charge in [-0.25, -0.2) is 0 Å². The molecule has 1 aliphatic carbocycles. The molecule has 20 heavy (non-hydrogen) atoms. The summed E-state index contributed by atoms with van der Waals surface area (Å²) in [6, 6.07) is 9.49. The molecule has 4 heteroatoms. The number of nitrogens with two attached hydrogens (primary N) is 1. The summed E-state index contributed by atoms with van der Waals surface area (Å²) in [4.78, 5) is 12.3. The molecule has 1 atom stereocenters. The van der Waals surface area contributed by atoms with Crippen molar-refractivity contribution in [3.63, 3.8) is 0 Å². The lowest BCUT2D eigenvalue weighted by Crippen LogP contribution is -2.50. The number of nitrogens with one attached hydrogen (secondary N) is 1. The second-order valence-electron chi connectivity index (χ2n) is 5.99. The van der Waals surface area contributed by atoms with Gasteiger partial charge in [0.1, 0.15) is 5.54 Å². The Morgan fingerprint density at radius 1 is 1.40 bits per heavy atom. The van der Waals surface area contributed by atoms with Gasteiger partial charge in [-0.3, -0.25) is 4.79 Å². The molecule has 0 bridgehead atoms. The molecule has 1 aromatic carbocycles. The van der Waals surface area contributed by atoms with Crippen LogP contribution in [0.4, 0.5) is 0 Å². The quantitative estimate of drug-likeness (QED) is 0.798. The Kier molecular flexibility index (Phi) is 4.45. The fourth-order valence-electron chi connectivity index (χ4n) is 2.38. The summed E-state index contributed by atoms with van der Waals surface area (Å²) < 4.78 is 5.12. The van der Waals surface area contributed by atoms with Crippen molar-refractivity contribution in [1.82, 2.24) is 5.32 Å². The van der Waals surface area contributed by atoms with Gasteiger partial charge in [0.25, 0.3) is 0 Å². The summed E-state index contributed by atoms with van der Waals surface area (Å²) in [6.45, 7) is 3.19. The molecule has 0 heterocycles. The van der Waals surface area contributed by atoms with E-state index in [9.17, 15) is 4.79 Å². The van der Waals surface area contributed by atoms with E-state index in [0.717, 1.165) is 31.4 Å². The van der Waals surface area contributed by atoms with Crippen LogP contribution in [0.25, 0.3) is 0 Å². The Hall–Kier alpha value is -1.39. The number of carbonyl (C=O) groups excluding carboxylic acids is 1. The van der Waals surface area contributed by atoms with Crippen LogP contribution in [0.5, 0.6) is 0 Å². The Morgan fingerprint density at radius 2 is 2.05 bits per heavy atom. The minimum atomic E-state index is -0.988. The molecule has 0 aromatic heterocycles. The van der Waals surface area contributed by atoms with Crippen LogP contribution >= 0.6 is 0 Å². The lowest BCUT2D eigenvalue weighted by molar-refractivity contribution is -0.126. The fourth-order valence-corrected chi connectivity index (χ4v) is 2.38. The van der Waals surface area contributed by atoms with Gasteiger partial charge in [-0.2, -0.15) is 0 Å². The third-order valence-corrected chi connectivity index (χ3v) is 4.26. The molecule has 0 saturated heterocycles. The largest absolute Gasteiger partial charge is 0.385 e. The third kappa shape index (κ3) is 3.38. The van der Waals surface area contributed by atoms with Gasteiger partial charge in [-0.15, -0.1) is 0 Å². The van der Waals surface area contributed by atoms with E-state index in [2.05, 4.69) is 5.32 Å². The van der Waals surface area contributed by atoms with Crippen LogP contribution in [-0.4, -0.2) is 26.2 Å². The molecule has 1 aromatic rings. The topological polar surface area (TPSA) is 64.3 Å². The molecule has 2 rings (SSSR count). The van der Waals surface area contributed by atoms with Gasteiger partial charge in [0, 0.05) is 20.3 Å². The molecule has 1 fully saturated rings. The number of amides is 1. The van der Waals surface area contributed by atoms with E-state index in [4.69, 9.17) is 10.5 Å². The molecule has 0 spiro atoms. The molecule has 0 aliphatic heterocycles. The zero-order valence-corrected chi connectivity index (χ0v) is 12.3. The standard InChI is InChI=1S/C16H24N2O2/c1-15(17,13-6-4-3-5-7-13)14(19)18-12-16(8-9-16)10-11-20-2/h3-7H,8-12,17H2,1-2H3,(H,18,19). The van der Waals surface area contributed by atoms with Crippen LogP contribution in [0, 0.1) is 5.41 Å². The summed E-state index contributed by atoms with van der Waals surface area (Å²) in [5.74, 6) is -0.118. The minimum Gasteiger partial charge on any atom is -0.385 e. The average Bonchev–Trinajstić information content (AvgIpc) is 3.24. The maximum absolute atomic E-state index is 12.3. The highest BCUT2D eigenvalue weighted by molar-refractivity contribution is 5.87. The molecular formula is C16H24N2O2. The van der Waals surface area contributed by atoms with Crippen LogP contribution < -0.4 is 11.1 Å². The van der Waals surface area contributed by atoms with E-state index in [1.54, 1.807) is 14.0 Å². The molecule has 1 unspecified atom stereocenters. The van der Waals surface area contributed by atoms with E-state index in [1.165, 1.54) is 0 Å². The zero-order valence-electron chi connectivity index (χ0n) is 12.3. The minimum absolute atomic E-state index is 0.118. The van der Waals surface area contributed by atoms with E-state index in [0.29, 0.717) is 6.54 Å². The molecule has 1 aliphatic rings. The predicted molar refractivity (Wildman–Crippen MR) is 79.2 cm³/mol. The zero-order chi connectivity index (χ0) is 14.6. The first-order chi connectivity index (χ1) is 9.50. The van der Waals surface area contributed by atoms with Gasteiger partial charge < -0.3 is 15.8 Å². The van der Waals surface area contributed by atoms with Gasteiger partial charge in [0.15, 0.2) is 0 Å². The number of carbonyl (C=O) groups is 1. The van der Waals surface area contributed by atoms with Gasteiger partial charge >= 0.3 is 0 Å². The van der Waals surface area contributed by atoms with Crippen LogP contribution in [0.15, 0.2) is 30.3 Å². The number of methoxy groups -OCH3 is 1. The molecular weight excluding hydrogens is 252 g/mol. The highest BCUT2D eigenvalue weighted by Crippen LogP contribution is 2.48. The normalized spacial score (nSPS) is 19.1. The van der Waals surface area contributed by atoms with Crippen molar-refractivity contribution >= 4 is 5.91 Å². The molecule has 1 saturated carbocycles. The number of rotatable bonds is 7. The van der Waals surface area contributed by atoms with Crippen LogP contribution in [0.3, 0.4) is 0 Å². The van der Waals surface area contributed by atoms with Crippen LogP contribution in [0.1, 0.15) is 31.7 Å². The van der Waals surface area contributed by atoms with Crippen molar-refractivity contribution in [3.8, 4) is 0 Å². The fraction of sp³-hybridized carbons (Fsp3) is 0.562. The average molecular weight is 276 g/mol. The van der Waals surface area contributed by atoms with Crippen molar-refractivity contribution < 1.29 is 9.53 Å². The number of benzene rings is 1. The molecule has 4 nitrogen and oxygen atoms in total. The Balaban J connectivity index is 1.92. The number of hydrogen-bond acceptors (Lipinski definition) is 3. The van der Waals surface area contributed by atoms with Crippen molar-refractivity contribution in [2.75, 3.05) is 20.3 Å². The lowest BCUT2D eigenvalue weighted by Gasteiger charge is -2.25. The number of ether oxygens (including phenoxy) is 1. The summed E-state index contributed by atoms with van der Waals surface area (Å²) in [5.41, 5.74) is 6.27. The van der Waals surface area contributed by atoms with Crippen LogP contribution in [-0.2, 0) is 15.1 Å². The van der Waals surface area contributed by atoms with E-state index >= 15 is 0 Å². The summed E-state index contributed by atoms with van der Waals surface area (Å²) >= 11 is 0. The third-order valence-electron chi connectivity index (χ3n) is 4.26. The first-order valence-electron chi connectivity index (χ1n) is 7.12. The highest BCUT2D eigenvalue weighted by Gasteiger charge is 2.43. The van der Waals surface area contributed by atoms with Gasteiger partial charge in [-0.1, -0.05) is 30.3 Å². The molecule has 1 amide bonds. The second-order valence-corrected chi connectivity index (χ2v) is 5.99. The maximum atomic E-state index is 12.3. The number of hydrogen-bond donors (Lipinski definition) is 2. The van der Waals surface area contributed by atoms with Crippen LogP contribution in [0.2, 0.25) is 0 Å². The maximum Gasteiger partial charge on any atom is 0.244 e. The summed E-state index contributed by atoms with van der Waals surface area (Å²) in [7, 11) is 1.71. The van der Waals surface area contributed by atoms with Gasteiger partial charge in [0.2, 0.25) is 5.91 Å². The van der Waals surface area contributed by atoms with E-state index in [-0.39, 0.29) is 11.3 Å². The van der Waals surface area contributed by atoms with Crippen molar-refractivity contribution in [1.29, 1.82) is 0 Å². The Morgan fingerprint density at radius 3 is 2.60 bits per heavy atom. The Bertz CT molecular complexity index is 453. The SMILES string of the molecule is COCCC1(CNC(=O)C(C)(N)c2ccccc2)CC1. The van der Waals surface area contributed by atoms with Gasteiger partial charge in [0.05, 0.1) is 0 Å². The Labute approximate surface area is 120 Å². The smallest absolute Gasteiger partial charge is 0.244 e. The first-order valence-corrected chi connectivity index (χ1v) is 7.12. The van der Waals surface area contributed by atoms with E-state index < -0.39 is 5.54 Å². The second kappa shape index (κ2) is 5.94. The molecule has 0 radical (unpaired) electrons. The molecule has 3 N–H and O–H groups in total. The van der Waals surface area contributed by atoms with Crippen molar-refractivity contribution in [3.05, 3.63) is 35.9 Å². The van der Waals surface area contributed by atoms with E-state index in [1.807, 2.05) is 30.3 Å². The van der Waals surface area contributed by atoms with Crippen molar-refractivity contribution in [2.45, 2.75) is 31.7 Å². The first kappa shape index (κ1) is 15.0. The summed E-state index contributed by atoms with van der Waals surface area (Å²) in [5, 5.41) is 3.01. The summed E-state index contributed by atoms with van der Waals surface area (Å²) in [6.07, 6.45) is 3.31. The predicted octanol–water partition coefficient (Wildman–Crippen LogP) is 1.79. The molecule has 110 valence electrons. The monoisotopic (exact) mass is 276 g/mol. The lowest BCUT2D eigenvalue weighted by atomic mass is 9.92. The van der Waals surface area contributed by atoms with Crippen molar-refractivity contribution in [2.24, 2.45) is 11.1 Å². The highest BCUT2D eigenvalue weighted by atomic mass is 16.5.